The zero-order valence-corrected chi connectivity index (χ0v) is 12.1. The average Bonchev–Trinajstić information content (AvgIpc) is 2.41. The van der Waals surface area contributed by atoms with Crippen LogP contribution >= 0.6 is 0 Å². The summed E-state index contributed by atoms with van der Waals surface area (Å²) in [5.74, 6) is 0.181. The van der Waals surface area contributed by atoms with Gasteiger partial charge in [-0.3, -0.25) is 4.79 Å². The normalized spacial score (nSPS) is 8.12. The van der Waals surface area contributed by atoms with Crippen LogP contribution in [0.15, 0.2) is 24.3 Å². The number of hydrogen-bond donors (Lipinski definition) is 1. The minimum absolute atomic E-state index is 0.181. The molecule has 0 fully saturated rings. The number of Topliss-reactive ketones (excluding diaryl/α,β-unsaturated/α-hetero) is 1. The lowest BCUT2D eigenvalue weighted by molar-refractivity contribution is 0.0989. The lowest BCUT2D eigenvalue weighted by Crippen LogP contribution is -2.01. The minimum atomic E-state index is 0.181. The van der Waals surface area contributed by atoms with Gasteiger partial charge in [-0.15, -0.1) is 0 Å². The summed E-state index contributed by atoms with van der Waals surface area (Å²) in [6.07, 6.45) is 1.80. The number of carbonyl (C=O) groups is 1. The Morgan fingerprint density at radius 1 is 1.12 bits per heavy atom. The third-order valence-electron chi connectivity index (χ3n) is 1.82. The molecule has 0 saturated heterocycles. The molecule has 0 radical (unpaired) electrons. The van der Waals surface area contributed by atoms with E-state index >= 15 is 0 Å². The van der Waals surface area contributed by atoms with Crippen molar-refractivity contribution < 1.29 is 4.79 Å². The van der Waals surface area contributed by atoms with Gasteiger partial charge in [0.05, 0.1) is 0 Å². The number of hydrogen-bond acceptors (Lipinski definition) is 2. The molecule has 2 heteroatoms. The zero-order chi connectivity index (χ0) is 13.7. The predicted octanol–water partition coefficient (Wildman–Crippen LogP) is 4.76. The SMILES string of the molecule is CC.CCC.CCC(=O)c1ccccc1NC. The van der Waals surface area contributed by atoms with Gasteiger partial charge in [0.25, 0.3) is 0 Å². The highest BCUT2D eigenvalue weighted by Gasteiger charge is 2.06. The Morgan fingerprint density at radius 2 is 1.59 bits per heavy atom. The predicted molar refractivity (Wildman–Crippen MR) is 77.9 cm³/mol. The van der Waals surface area contributed by atoms with Crippen LogP contribution in [0, 0.1) is 0 Å². The van der Waals surface area contributed by atoms with E-state index in [9.17, 15) is 4.79 Å². The van der Waals surface area contributed by atoms with Crippen molar-refractivity contribution >= 4 is 11.5 Å². The first-order chi connectivity index (χ1) is 8.21. The molecular formula is C15H27NO. The van der Waals surface area contributed by atoms with Crippen molar-refractivity contribution in [1.29, 1.82) is 0 Å². The standard InChI is InChI=1S/C10H13NO.C3H8.C2H6/c1-3-10(12)8-6-4-5-7-9(8)11-2;1-3-2;1-2/h4-7,11H,3H2,1-2H3;3H2,1-2H3;1-2H3. The molecule has 0 unspecified atom stereocenters. The van der Waals surface area contributed by atoms with Crippen LogP contribution in [-0.4, -0.2) is 12.8 Å². The maximum atomic E-state index is 11.4. The molecule has 0 heterocycles. The molecule has 0 aliphatic heterocycles. The number of rotatable bonds is 3. The number of para-hydroxylation sites is 1. The lowest BCUT2D eigenvalue weighted by atomic mass is 10.1. The van der Waals surface area contributed by atoms with Gasteiger partial charge in [-0.05, 0) is 12.1 Å². The van der Waals surface area contributed by atoms with Crippen molar-refractivity contribution in [3.8, 4) is 0 Å². The van der Waals surface area contributed by atoms with E-state index in [1.165, 1.54) is 6.42 Å². The van der Waals surface area contributed by atoms with Gasteiger partial charge in [0, 0.05) is 24.7 Å². The molecule has 0 bridgehead atoms. The second-order valence-electron chi connectivity index (χ2n) is 3.28. The Hall–Kier alpha value is -1.31. The molecule has 0 amide bonds. The molecule has 0 aliphatic carbocycles. The summed E-state index contributed by atoms with van der Waals surface area (Å²) >= 11 is 0. The molecule has 0 aromatic heterocycles. The maximum Gasteiger partial charge on any atom is 0.164 e. The summed E-state index contributed by atoms with van der Waals surface area (Å²) < 4.78 is 0. The smallest absolute Gasteiger partial charge is 0.164 e. The molecule has 1 aromatic rings. The summed E-state index contributed by atoms with van der Waals surface area (Å²) in [4.78, 5) is 11.4. The monoisotopic (exact) mass is 237 g/mol. The molecule has 2 nitrogen and oxygen atoms in total. The van der Waals surface area contributed by atoms with Gasteiger partial charge in [0.15, 0.2) is 5.78 Å². The summed E-state index contributed by atoms with van der Waals surface area (Å²) in [5, 5.41) is 2.99. The van der Waals surface area contributed by atoms with Crippen LogP contribution in [0.4, 0.5) is 5.69 Å². The van der Waals surface area contributed by atoms with Gasteiger partial charge in [-0.25, -0.2) is 0 Å². The van der Waals surface area contributed by atoms with Gasteiger partial charge < -0.3 is 5.32 Å². The van der Waals surface area contributed by atoms with Crippen LogP contribution in [0.3, 0.4) is 0 Å². The largest absolute Gasteiger partial charge is 0.388 e. The number of anilines is 1. The Kier molecular flexibility index (Phi) is 13.6. The van der Waals surface area contributed by atoms with Crippen molar-refractivity contribution in [2.24, 2.45) is 0 Å². The number of ketones is 1. The van der Waals surface area contributed by atoms with Gasteiger partial charge in [-0.2, -0.15) is 0 Å². The molecule has 0 atom stereocenters. The number of nitrogens with one attached hydrogen (secondary N) is 1. The molecule has 0 saturated carbocycles. The Bertz CT molecular complexity index is 295. The minimum Gasteiger partial charge on any atom is -0.388 e. The van der Waals surface area contributed by atoms with Gasteiger partial charge >= 0.3 is 0 Å². The van der Waals surface area contributed by atoms with Crippen LogP contribution in [-0.2, 0) is 0 Å². The van der Waals surface area contributed by atoms with E-state index in [2.05, 4.69) is 19.2 Å². The first-order valence-electron chi connectivity index (χ1n) is 6.51. The highest BCUT2D eigenvalue weighted by atomic mass is 16.1. The summed E-state index contributed by atoms with van der Waals surface area (Å²) in [5.41, 5.74) is 1.69. The van der Waals surface area contributed by atoms with Gasteiger partial charge in [0.2, 0.25) is 0 Å². The van der Waals surface area contributed by atoms with Crippen molar-refractivity contribution in [2.45, 2.75) is 47.5 Å². The fourth-order valence-electron chi connectivity index (χ4n) is 1.13. The van der Waals surface area contributed by atoms with E-state index in [-0.39, 0.29) is 5.78 Å². The van der Waals surface area contributed by atoms with Crippen molar-refractivity contribution in [3.05, 3.63) is 29.8 Å². The van der Waals surface area contributed by atoms with Crippen LogP contribution in [0.5, 0.6) is 0 Å². The van der Waals surface area contributed by atoms with Crippen LogP contribution in [0.2, 0.25) is 0 Å². The Labute approximate surface area is 106 Å². The van der Waals surface area contributed by atoms with Crippen molar-refractivity contribution in [1.82, 2.24) is 0 Å². The Balaban J connectivity index is 0. The maximum absolute atomic E-state index is 11.4. The van der Waals surface area contributed by atoms with E-state index in [1.54, 1.807) is 0 Å². The van der Waals surface area contributed by atoms with E-state index < -0.39 is 0 Å². The molecule has 0 aliphatic rings. The molecule has 1 N–H and O–H groups in total. The van der Waals surface area contributed by atoms with Crippen molar-refractivity contribution in [2.75, 3.05) is 12.4 Å². The summed E-state index contributed by atoms with van der Waals surface area (Å²) in [7, 11) is 1.82. The third kappa shape index (κ3) is 7.56. The summed E-state index contributed by atoms with van der Waals surface area (Å²) in [6, 6.07) is 7.54. The third-order valence-corrected chi connectivity index (χ3v) is 1.82. The highest BCUT2D eigenvalue weighted by molar-refractivity contribution is 6.00. The average molecular weight is 237 g/mol. The molecular weight excluding hydrogens is 210 g/mol. The summed E-state index contributed by atoms with van der Waals surface area (Å²) in [6.45, 7) is 10.1. The lowest BCUT2D eigenvalue weighted by Gasteiger charge is -2.05. The van der Waals surface area contributed by atoms with E-state index in [1.807, 2.05) is 52.1 Å². The highest BCUT2D eigenvalue weighted by Crippen LogP contribution is 2.15. The first-order valence-corrected chi connectivity index (χ1v) is 6.51. The fourth-order valence-corrected chi connectivity index (χ4v) is 1.13. The molecule has 17 heavy (non-hydrogen) atoms. The van der Waals surface area contributed by atoms with Gasteiger partial charge in [-0.1, -0.05) is 53.2 Å². The molecule has 0 spiro atoms. The number of benzene rings is 1. The molecule has 1 aromatic carbocycles. The quantitative estimate of drug-likeness (QED) is 0.768. The zero-order valence-electron chi connectivity index (χ0n) is 12.1. The first kappa shape index (κ1) is 18.1. The molecule has 1 rings (SSSR count). The second-order valence-corrected chi connectivity index (χ2v) is 3.28. The van der Waals surface area contributed by atoms with E-state index in [0.29, 0.717) is 6.42 Å². The second kappa shape index (κ2) is 12.8. The van der Waals surface area contributed by atoms with E-state index in [0.717, 1.165) is 11.3 Å². The van der Waals surface area contributed by atoms with Crippen LogP contribution in [0.25, 0.3) is 0 Å². The molecule has 98 valence electrons. The Morgan fingerprint density at radius 3 is 2.00 bits per heavy atom. The topological polar surface area (TPSA) is 29.1 Å². The van der Waals surface area contributed by atoms with Crippen LogP contribution < -0.4 is 5.32 Å². The number of carbonyl (C=O) groups excluding carboxylic acids is 1. The van der Waals surface area contributed by atoms with E-state index in [4.69, 9.17) is 0 Å². The van der Waals surface area contributed by atoms with Gasteiger partial charge in [0.1, 0.15) is 0 Å². The van der Waals surface area contributed by atoms with Crippen molar-refractivity contribution in [3.63, 3.8) is 0 Å². The van der Waals surface area contributed by atoms with Crippen LogP contribution in [0.1, 0.15) is 57.8 Å². The fraction of sp³-hybridized carbons (Fsp3) is 0.533.